The van der Waals surface area contributed by atoms with Crippen molar-refractivity contribution in [3.05, 3.63) is 24.3 Å². The van der Waals surface area contributed by atoms with Gasteiger partial charge >= 0.3 is 5.97 Å². The fourth-order valence-electron chi connectivity index (χ4n) is 2.26. The van der Waals surface area contributed by atoms with Crippen molar-refractivity contribution in [1.82, 2.24) is 9.88 Å². The first-order valence-electron chi connectivity index (χ1n) is 6.70. The fourth-order valence-corrected chi connectivity index (χ4v) is 6.07. The van der Waals surface area contributed by atoms with Crippen molar-refractivity contribution in [2.75, 3.05) is 0 Å². The van der Waals surface area contributed by atoms with E-state index < -0.39 is 17.8 Å². The van der Waals surface area contributed by atoms with E-state index in [0.717, 1.165) is 19.5 Å². The van der Waals surface area contributed by atoms with Crippen LogP contribution in [0.15, 0.2) is 28.6 Å². The first-order chi connectivity index (χ1) is 11.0. The number of carboxylic acid groups (broad SMARTS) is 1. The molecule has 1 amide bonds. The summed E-state index contributed by atoms with van der Waals surface area (Å²) < 4.78 is 1.91. The minimum atomic E-state index is -1.40. The summed E-state index contributed by atoms with van der Waals surface area (Å²) in [5.41, 5.74) is 0.911. The van der Waals surface area contributed by atoms with Crippen molar-refractivity contribution in [2.45, 2.75) is 29.1 Å². The zero-order valence-corrected chi connectivity index (χ0v) is 14.4. The zero-order chi connectivity index (χ0) is 16.6. The average molecular weight is 368 g/mol. The number of hydrogen-bond donors (Lipinski definition) is 1. The molecule has 2 heterocycles. The number of carbonyl (C=O) groups excluding carboxylic acids is 2. The number of fused-ring (bicyclic) bond motifs is 1. The number of amides is 1. The average Bonchev–Trinajstić information content (AvgIpc) is 2.90. The number of Topliss-reactive ketones (excluding diaryl/α,β-unsaturated/α-hetero) is 1. The zero-order valence-electron chi connectivity index (χ0n) is 12.0. The van der Waals surface area contributed by atoms with Crippen molar-refractivity contribution in [1.29, 1.82) is 0 Å². The Hall–Kier alpha value is -1.58. The third-order valence-corrected chi connectivity index (χ3v) is 7.37. The molecule has 0 aliphatic carbocycles. The van der Waals surface area contributed by atoms with Gasteiger partial charge in [-0.1, -0.05) is 22.9 Å². The van der Waals surface area contributed by atoms with E-state index in [4.69, 9.17) is 5.11 Å². The van der Waals surface area contributed by atoms with Crippen LogP contribution < -0.4 is 0 Å². The second kappa shape index (κ2) is 6.50. The molecular formula is C14H12N2O4S3. The molecule has 0 bridgehead atoms. The predicted molar refractivity (Wildman–Crippen MR) is 90.4 cm³/mol. The summed E-state index contributed by atoms with van der Waals surface area (Å²) in [5.74, 6) is -2.14. The molecule has 0 spiro atoms. The van der Waals surface area contributed by atoms with E-state index in [9.17, 15) is 14.4 Å². The van der Waals surface area contributed by atoms with Gasteiger partial charge in [0.2, 0.25) is 5.91 Å². The summed E-state index contributed by atoms with van der Waals surface area (Å²) >= 11 is 1.54. The number of rotatable bonds is 6. The van der Waals surface area contributed by atoms with Crippen molar-refractivity contribution in [2.24, 2.45) is 0 Å². The number of para-hydroxylation sites is 1. The molecule has 1 aliphatic heterocycles. The highest BCUT2D eigenvalue weighted by molar-refractivity contribution is 8.77. The Balaban J connectivity index is 1.69. The maximum atomic E-state index is 11.7. The number of carboxylic acids is 1. The monoisotopic (exact) mass is 368 g/mol. The number of carbonyl (C=O) groups is 3. The Morgan fingerprint density at radius 3 is 2.78 bits per heavy atom. The van der Waals surface area contributed by atoms with E-state index in [1.54, 1.807) is 11.3 Å². The smallest absolute Gasteiger partial charge is 0.334 e. The molecule has 1 aromatic carbocycles. The van der Waals surface area contributed by atoms with Crippen LogP contribution in [-0.2, 0) is 14.4 Å². The molecular weight excluding hydrogens is 356 g/mol. The first kappa shape index (κ1) is 16.3. The van der Waals surface area contributed by atoms with Crippen molar-refractivity contribution >= 4 is 60.8 Å². The van der Waals surface area contributed by atoms with Crippen LogP contribution in [0.4, 0.5) is 0 Å². The minimum Gasteiger partial charge on any atom is -0.479 e. The standard InChI is InChI=1S/C14H12N2O4S3/c1-7(17)12(13(19)20)16-10(18)6-11(16)22-23-14-15-8-4-2-3-5-9(8)21-14/h2-5,11-12H,6H2,1H3,(H,19,20). The third-order valence-electron chi connectivity index (χ3n) is 3.35. The van der Waals surface area contributed by atoms with Gasteiger partial charge in [0.25, 0.3) is 0 Å². The van der Waals surface area contributed by atoms with Gasteiger partial charge in [0.1, 0.15) is 0 Å². The van der Waals surface area contributed by atoms with E-state index in [1.807, 2.05) is 24.3 Å². The summed E-state index contributed by atoms with van der Waals surface area (Å²) in [4.78, 5) is 40.1. The fraction of sp³-hybridized carbons (Fsp3) is 0.286. The van der Waals surface area contributed by atoms with Crippen LogP contribution in [0.5, 0.6) is 0 Å². The molecule has 2 unspecified atom stereocenters. The van der Waals surface area contributed by atoms with Crippen molar-refractivity contribution < 1.29 is 19.5 Å². The van der Waals surface area contributed by atoms with Crippen LogP contribution >= 0.6 is 32.9 Å². The van der Waals surface area contributed by atoms with E-state index in [-0.39, 0.29) is 17.7 Å². The lowest BCUT2D eigenvalue weighted by Gasteiger charge is -2.41. The van der Waals surface area contributed by atoms with Gasteiger partial charge in [0.05, 0.1) is 22.0 Å². The number of aromatic nitrogens is 1. The van der Waals surface area contributed by atoms with Crippen molar-refractivity contribution in [3.63, 3.8) is 0 Å². The van der Waals surface area contributed by atoms with E-state index in [2.05, 4.69) is 4.98 Å². The number of benzene rings is 1. The molecule has 1 N–H and O–H groups in total. The Kier molecular flexibility index (Phi) is 4.60. The summed E-state index contributed by atoms with van der Waals surface area (Å²) in [5, 5.41) is 8.82. The largest absolute Gasteiger partial charge is 0.479 e. The van der Waals surface area contributed by atoms with E-state index in [0.29, 0.717) is 0 Å². The third kappa shape index (κ3) is 3.22. The predicted octanol–water partition coefficient (Wildman–Crippen LogP) is 2.64. The molecule has 1 aliphatic rings. The number of ketones is 1. The van der Waals surface area contributed by atoms with Gasteiger partial charge in [0, 0.05) is 0 Å². The van der Waals surface area contributed by atoms with Gasteiger partial charge in [-0.3, -0.25) is 9.59 Å². The molecule has 9 heteroatoms. The van der Waals surface area contributed by atoms with Gasteiger partial charge < -0.3 is 10.0 Å². The summed E-state index contributed by atoms with van der Waals surface area (Å²) in [6.45, 7) is 1.19. The molecule has 23 heavy (non-hydrogen) atoms. The molecule has 2 aromatic rings. The lowest BCUT2D eigenvalue weighted by atomic mass is 10.1. The first-order valence-corrected chi connectivity index (χ1v) is 9.73. The van der Waals surface area contributed by atoms with Crippen LogP contribution in [0.25, 0.3) is 10.2 Å². The molecule has 2 atom stereocenters. The highest BCUT2D eigenvalue weighted by Crippen LogP contribution is 2.44. The summed E-state index contributed by atoms with van der Waals surface area (Å²) in [7, 11) is 2.76. The summed E-state index contributed by atoms with van der Waals surface area (Å²) in [6, 6.07) is 6.37. The number of β-lactam (4-membered cyclic amide) rings is 1. The van der Waals surface area contributed by atoms with E-state index in [1.165, 1.54) is 28.5 Å². The molecule has 120 valence electrons. The van der Waals surface area contributed by atoms with Crippen molar-refractivity contribution in [3.8, 4) is 0 Å². The van der Waals surface area contributed by atoms with Gasteiger partial charge in [-0.25, -0.2) is 9.78 Å². The molecule has 0 saturated carbocycles. The SMILES string of the molecule is CC(=O)C(C(=O)O)N1C(=O)CC1SSc1nc2ccccc2s1. The van der Waals surface area contributed by atoms with Gasteiger partial charge in [-0.15, -0.1) is 11.3 Å². The van der Waals surface area contributed by atoms with Gasteiger partial charge in [-0.2, -0.15) is 0 Å². The molecule has 1 fully saturated rings. The summed E-state index contributed by atoms with van der Waals surface area (Å²) in [6.07, 6.45) is 0.236. The van der Waals surface area contributed by atoms with Crippen LogP contribution in [-0.4, -0.2) is 44.1 Å². The van der Waals surface area contributed by atoms with Crippen LogP contribution in [0.2, 0.25) is 0 Å². The molecule has 3 rings (SSSR count). The van der Waals surface area contributed by atoms with Gasteiger partial charge in [-0.05, 0) is 29.9 Å². The Morgan fingerprint density at radius 1 is 1.43 bits per heavy atom. The Bertz CT molecular complexity index is 744. The number of thiazole rings is 1. The molecule has 6 nitrogen and oxygen atoms in total. The number of nitrogens with zero attached hydrogens (tertiary/aromatic N) is 2. The molecule has 1 aromatic heterocycles. The highest BCUT2D eigenvalue weighted by Gasteiger charge is 2.46. The second-order valence-corrected chi connectivity index (χ2v) is 8.59. The number of likely N-dealkylation sites (tertiary alicyclic amines) is 1. The van der Waals surface area contributed by atoms with Crippen LogP contribution in [0, 0.1) is 0 Å². The Labute approximate surface area is 143 Å². The number of hydrogen-bond acceptors (Lipinski definition) is 7. The normalized spacial score (nSPS) is 18.7. The van der Waals surface area contributed by atoms with Crippen LogP contribution in [0.3, 0.4) is 0 Å². The van der Waals surface area contributed by atoms with Crippen LogP contribution in [0.1, 0.15) is 13.3 Å². The molecule has 0 radical (unpaired) electrons. The minimum absolute atomic E-state index is 0.236. The molecule has 1 saturated heterocycles. The maximum Gasteiger partial charge on any atom is 0.334 e. The topological polar surface area (TPSA) is 87.6 Å². The quantitative estimate of drug-likeness (QED) is 0.476. The van der Waals surface area contributed by atoms with Gasteiger partial charge in [0.15, 0.2) is 16.2 Å². The lowest BCUT2D eigenvalue weighted by molar-refractivity contribution is -0.161. The Morgan fingerprint density at radius 2 is 2.17 bits per heavy atom. The lowest BCUT2D eigenvalue weighted by Crippen LogP contribution is -2.60. The van der Waals surface area contributed by atoms with E-state index >= 15 is 0 Å². The maximum absolute atomic E-state index is 11.7. The second-order valence-electron chi connectivity index (χ2n) is 4.94. The highest BCUT2D eigenvalue weighted by atomic mass is 33.1. The number of aliphatic carboxylic acids is 1.